The smallest absolute Gasteiger partial charge is 0.258 e. The molecule has 3 N–H and O–H groups in total. The van der Waals surface area contributed by atoms with Gasteiger partial charge in [0, 0.05) is 19.8 Å². The van der Waals surface area contributed by atoms with Crippen LogP contribution in [0.5, 0.6) is 5.75 Å². The zero-order valence-electron chi connectivity index (χ0n) is 12.3. The number of carbonyl (C=O) groups excluding carboxylic acids is 1. The van der Waals surface area contributed by atoms with Gasteiger partial charge in [-0.05, 0) is 24.3 Å². The van der Waals surface area contributed by atoms with E-state index in [0.29, 0.717) is 11.4 Å². The van der Waals surface area contributed by atoms with Crippen LogP contribution >= 0.6 is 0 Å². The van der Waals surface area contributed by atoms with Gasteiger partial charge in [0.1, 0.15) is 18.0 Å². The summed E-state index contributed by atoms with van der Waals surface area (Å²) in [5.41, 5.74) is 0.656. The fourth-order valence-electron chi connectivity index (χ4n) is 1.94. The number of likely N-dealkylation sites (N-methyl/N-ethyl adjacent to an activating group) is 1. The van der Waals surface area contributed by atoms with Crippen molar-refractivity contribution in [1.82, 2.24) is 0 Å². The highest BCUT2D eigenvalue weighted by Gasteiger charge is 2.41. The molecule has 118 valence electrons. The Hall–Kier alpha value is -1.67. The molecule has 1 aromatic carbocycles. The normalized spacial score (nSPS) is 24.0. The van der Waals surface area contributed by atoms with Gasteiger partial charge in [0.05, 0.1) is 13.7 Å². The molecule has 3 unspecified atom stereocenters. The van der Waals surface area contributed by atoms with E-state index in [-0.39, 0.29) is 6.61 Å². The van der Waals surface area contributed by atoms with E-state index in [9.17, 15) is 15.0 Å². The highest BCUT2D eigenvalue weighted by molar-refractivity contribution is 5.96. The lowest BCUT2D eigenvalue weighted by Crippen LogP contribution is -2.43. The van der Waals surface area contributed by atoms with Crippen molar-refractivity contribution in [3.05, 3.63) is 24.3 Å². The minimum absolute atomic E-state index is 0.0337. The second-order valence-corrected chi connectivity index (χ2v) is 4.41. The van der Waals surface area contributed by atoms with E-state index < -0.39 is 24.2 Å². The van der Waals surface area contributed by atoms with Gasteiger partial charge in [0.2, 0.25) is 0 Å². The SMILES string of the molecule is CO.COc1ccc(N(C)C(=O)C2OCC(O)C2O)cc1. The van der Waals surface area contributed by atoms with Gasteiger partial charge in [-0.2, -0.15) is 0 Å². The maximum absolute atomic E-state index is 12.2. The van der Waals surface area contributed by atoms with Crippen LogP contribution in [-0.4, -0.2) is 67.4 Å². The summed E-state index contributed by atoms with van der Waals surface area (Å²) in [5.74, 6) is 0.298. The quantitative estimate of drug-likeness (QED) is 0.688. The molecule has 0 aliphatic carbocycles. The Kier molecular flexibility index (Phi) is 6.57. The molecule has 1 fully saturated rings. The van der Waals surface area contributed by atoms with Crippen molar-refractivity contribution in [3.8, 4) is 5.75 Å². The summed E-state index contributed by atoms with van der Waals surface area (Å²) in [7, 11) is 4.15. The number of amides is 1. The summed E-state index contributed by atoms with van der Waals surface area (Å²) in [6.45, 7) is -0.0337. The topological polar surface area (TPSA) is 99.5 Å². The number of aliphatic hydroxyl groups excluding tert-OH is 3. The number of nitrogens with zero attached hydrogens (tertiary/aromatic N) is 1. The number of rotatable bonds is 3. The number of aliphatic hydroxyl groups is 3. The first kappa shape index (κ1) is 17.4. The van der Waals surface area contributed by atoms with E-state index in [1.54, 1.807) is 38.4 Å². The Morgan fingerprint density at radius 3 is 2.29 bits per heavy atom. The minimum Gasteiger partial charge on any atom is -0.497 e. The third-order valence-electron chi connectivity index (χ3n) is 3.18. The molecule has 0 saturated carbocycles. The van der Waals surface area contributed by atoms with Crippen molar-refractivity contribution >= 4 is 11.6 Å². The Bertz CT molecular complexity index is 449. The standard InChI is InChI=1S/C13H17NO5.CH4O/c1-14(8-3-5-9(18-2)6-4-8)13(17)12-11(16)10(15)7-19-12;1-2/h3-6,10-12,15-16H,7H2,1-2H3;2H,1H3. The Labute approximate surface area is 123 Å². The Morgan fingerprint density at radius 2 is 1.86 bits per heavy atom. The van der Waals surface area contributed by atoms with Gasteiger partial charge >= 0.3 is 0 Å². The Morgan fingerprint density at radius 1 is 1.29 bits per heavy atom. The molecular weight excluding hydrogens is 278 g/mol. The van der Waals surface area contributed by atoms with Crippen molar-refractivity contribution in [2.75, 3.05) is 32.8 Å². The first-order valence-corrected chi connectivity index (χ1v) is 6.38. The average Bonchev–Trinajstić information content (AvgIpc) is 2.87. The fraction of sp³-hybridized carbons (Fsp3) is 0.500. The molecule has 0 radical (unpaired) electrons. The second kappa shape index (κ2) is 7.94. The molecule has 21 heavy (non-hydrogen) atoms. The van der Waals surface area contributed by atoms with Crippen LogP contribution in [0.25, 0.3) is 0 Å². The monoisotopic (exact) mass is 299 g/mol. The van der Waals surface area contributed by atoms with Gasteiger partial charge in [0.25, 0.3) is 5.91 Å². The van der Waals surface area contributed by atoms with Crippen LogP contribution in [0.1, 0.15) is 0 Å². The van der Waals surface area contributed by atoms with Crippen molar-refractivity contribution in [3.63, 3.8) is 0 Å². The van der Waals surface area contributed by atoms with Gasteiger partial charge in [-0.1, -0.05) is 0 Å². The molecule has 7 heteroatoms. The summed E-state index contributed by atoms with van der Waals surface area (Å²) >= 11 is 0. The van der Waals surface area contributed by atoms with Gasteiger partial charge in [-0.25, -0.2) is 0 Å². The summed E-state index contributed by atoms with van der Waals surface area (Å²) < 4.78 is 10.2. The fourth-order valence-corrected chi connectivity index (χ4v) is 1.94. The van der Waals surface area contributed by atoms with Crippen molar-refractivity contribution < 1.29 is 29.6 Å². The lowest BCUT2D eigenvalue weighted by molar-refractivity contribution is -0.130. The van der Waals surface area contributed by atoms with Crippen molar-refractivity contribution in [2.45, 2.75) is 18.3 Å². The summed E-state index contributed by atoms with van der Waals surface area (Å²) in [6, 6.07) is 6.93. The van der Waals surface area contributed by atoms with Crippen LogP contribution in [0.15, 0.2) is 24.3 Å². The molecule has 0 aromatic heterocycles. The first-order chi connectivity index (χ1) is 10.0. The lowest BCUT2D eigenvalue weighted by atomic mass is 10.1. The van der Waals surface area contributed by atoms with Crippen LogP contribution in [0, 0.1) is 0 Å². The number of carbonyl (C=O) groups is 1. The van der Waals surface area contributed by atoms with Gasteiger partial charge in [-0.3, -0.25) is 4.79 Å². The van der Waals surface area contributed by atoms with Crippen LogP contribution in [-0.2, 0) is 9.53 Å². The first-order valence-electron chi connectivity index (χ1n) is 6.38. The average molecular weight is 299 g/mol. The van der Waals surface area contributed by atoms with Crippen molar-refractivity contribution in [1.29, 1.82) is 0 Å². The maximum atomic E-state index is 12.2. The molecule has 1 aliphatic rings. The molecule has 7 nitrogen and oxygen atoms in total. The van der Waals surface area contributed by atoms with E-state index in [2.05, 4.69) is 0 Å². The number of hydrogen-bond donors (Lipinski definition) is 3. The largest absolute Gasteiger partial charge is 0.497 e. The number of ether oxygens (including phenoxy) is 2. The van der Waals surface area contributed by atoms with Crippen molar-refractivity contribution in [2.24, 2.45) is 0 Å². The second-order valence-electron chi connectivity index (χ2n) is 4.41. The molecule has 1 amide bonds. The molecule has 0 bridgehead atoms. The molecule has 2 rings (SSSR count). The van der Waals surface area contributed by atoms with E-state index >= 15 is 0 Å². The summed E-state index contributed by atoms with van der Waals surface area (Å²) in [4.78, 5) is 13.5. The minimum atomic E-state index is -1.19. The van der Waals surface area contributed by atoms with Gasteiger partial charge < -0.3 is 29.7 Å². The summed E-state index contributed by atoms with van der Waals surface area (Å²) in [5, 5.41) is 26.0. The molecule has 1 aromatic rings. The number of hydrogen-bond acceptors (Lipinski definition) is 6. The molecule has 1 aliphatic heterocycles. The van der Waals surface area contributed by atoms with Crippen LogP contribution in [0.2, 0.25) is 0 Å². The third kappa shape index (κ3) is 3.92. The van der Waals surface area contributed by atoms with Crippen LogP contribution in [0.3, 0.4) is 0 Å². The number of benzene rings is 1. The van der Waals surface area contributed by atoms with E-state index in [1.807, 2.05) is 0 Å². The van der Waals surface area contributed by atoms with Crippen LogP contribution < -0.4 is 9.64 Å². The maximum Gasteiger partial charge on any atom is 0.258 e. The summed E-state index contributed by atoms with van der Waals surface area (Å²) in [6.07, 6.45) is -3.23. The Balaban J connectivity index is 0.00000106. The predicted octanol–water partition coefficient (Wildman–Crippen LogP) is -0.613. The zero-order chi connectivity index (χ0) is 16.0. The lowest BCUT2D eigenvalue weighted by Gasteiger charge is -2.22. The molecule has 3 atom stereocenters. The van der Waals surface area contributed by atoms with E-state index in [0.717, 1.165) is 7.11 Å². The van der Waals surface area contributed by atoms with Gasteiger partial charge in [-0.15, -0.1) is 0 Å². The number of anilines is 1. The van der Waals surface area contributed by atoms with E-state index in [4.69, 9.17) is 14.6 Å². The predicted molar refractivity (Wildman–Crippen MR) is 76.3 cm³/mol. The molecular formula is C14H21NO6. The molecule has 1 saturated heterocycles. The highest BCUT2D eigenvalue weighted by Crippen LogP contribution is 2.22. The third-order valence-corrected chi connectivity index (χ3v) is 3.18. The van der Waals surface area contributed by atoms with Crippen LogP contribution in [0.4, 0.5) is 5.69 Å². The van der Waals surface area contributed by atoms with E-state index in [1.165, 1.54) is 4.90 Å². The molecule has 0 spiro atoms. The number of methoxy groups -OCH3 is 1. The van der Waals surface area contributed by atoms with Gasteiger partial charge in [0.15, 0.2) is 6.10 Å². The molecule has 1 heterocycles. The highest BCUT2D eigenvalue weighted by atomic mass is 16.5. The zero-order valence-corrected chi connectivity index (χ0v) is 12.3.